The van der Waals surface area contributed by atoms with Crippen molar-refractivity contribution in [3.05, 3.63) is 65.6 Å². The summed E-state index contributed by atoms with van der Waals surface area (Å²) in [5.41, 5.74) is 4.29. The van der Waals surface area contributed by atoms with Gasteiger partial charge in [0.15, 0.2) is 5.65 Å². The zero-order chi connectivity index (χ0) is 14.7. The zero-order valence-corrected chi connectivity index (χ0v) is 11.4. The number of fused-ring (bicyclic) bond motifs is 1. The van der Waals surface area contributed by atoms with Gasteiger partial charge >= 0.3 is 0 Å². The lowest BCUT2D eigenvalue weighted by Crippen LogP contribution is -2.30. The lowest BCUT2D eigenvalue weighted by Gasteiger charge is -2.03. The molecule has 106 valence electrons. The molecule has 1 amide bonds. The van der Waals surface area contributed by atoms with Crippen LogP contribution in [0.25, 0.3) is 5.65 Å². The number of nitrogens with two attached hydrogens (primary N) is 1. The minimum absolute atomic E-state index is 0.373. The summed E-state index contributed by atoms with van der Waals surface area (Å²) in [7, 11) is 0. The van der Waals surface area contributed by atoms with Crippen LogP contribution >= 0.6 is 0 Å². The van der Waals surface area contributed by atoms with Gasteiger partial charge in [0, 0.05) is 12.6 Å². The molecule has 21 heavy (non-hydrogen) atoms. The quantitative estimate of drug-likeness (QED) is 0.426. The first-order valence-electron chi connectivity index (χ1n) is 6.67. The third-order valence-electron chi connectivity index (χ3n) is 3.36. The van der Waals surface area contributed by atoms with Crippen LogP contribution in [0.3, 0.4) is 0 Å². The van der Waals surface area contributed by atoms with Crippen LogP contribution < -0.4 is 11.3 Å². The van der Waals surface area contributed by atoms with Crippen molar-refractivity contribution in [1.82, 2.24) is 20.0 Å². The number of carbonyl (C=O) groups is 1. The van der Waals surface area contributed by atoms with Gasteiger partial charge in [-0.2, -0.15) is 0 Å². The minimum Gasteiger partial charge on any atom is -0.290 e. The summed E-state index contributed by atoms with van der Waals surface area (Å²) in [5.74, 6) is 5.63. The number of pyridine rings is 1. The summed E-state index contributed by atoms with van der Waals surface area (Å²) < 4.78 is 1.83. The fourth-order valence-electron chi connectivity index (χ4n) is 2.29. The van der Waals surface area contributed by atoms with Crippen molar-refractivity contribution in [2.24, 2.45) is 5.84 Å². The normalized spacial score (nSPS) is 10.7. The number of nitrogens with zero attached hydrogens (tertiary/aromatic N) is 3. The number of amides is 1. The van der Waals surface area contributed by atoms with Gasteiger partial charge in [-0.25, -0.2) is 5.84 Å². The Kier molecular flexibility index (Phi) is 3.61. The molecule has 3 aromatic rings. The molecule has 0 radical (unpaired) electrons. The van der Waals surface area contributed by atoms with Crippen LogP contribution in [0, 0.1) is 0 Å². The molecule has 0 aliphatic heterocycles. The third kappa shape index (κ3) is 2.61. The van der Waals surface area contributed by atoms with E-state index in [1.54, 1.807) is 12.1 Å². The van der Waals surface area contributed by atoms with Gasteiger partial charge in [-0.05, 0) is 24.1 Å². The number of carbonyl (C=O) groups excluding carboxylic acids is 1. The number of nitrogens with one attached hydrogen (secondary N) is 1. The van der Waals surface area contributed by atoms with E-state index < -0.39 is 0 Å². The summed E-state index contributed by atoms with van der Waals surface area (Å²) in [6, 6.07) is 13.6. The summed E-state index contributed by atoms with van der Waals surface area (Å²) in [6.07, 6.45) is 3.47. The summed E-state index contributed by atoms with van der Waals surface area (Å²) in [6.45, 7) is 0. The molecule has 6 heteroatoms. The molecule has 3 rings (SSSR count). The highest BCUT2D eigenvalue weighted by atomic mass is 16.2. The monoisotopic (exact) mass is 281 g/mol. The van der Waals surface area contributed by atoms with E-state index in [1.807, 2.05) is 28.8 Å². The lowest BCUT2D eigenvalue weighted by molar-refractivity contribution is 0.0954. The second-order valence-electron chi connectivity index (χ2n) is 4.69. The lowest BCUT2D eigenvalue weighted by atomic mass is 10.1. The van der Waals surface area contributed by atoms with Crippen molar-refractivity contribution in [2.45, 2.75) is 12.8 Å². The third-order valence-corrected chi connectivity index (χ3v) is 3.36. The second-order valence-corrected chi connectivity index (χ2v) is 4.69. The van der Waals surface area contributed by atoms with Crippen molar-refractivity contribution >= 4 is 11.6 Å². The number of hydrogen-bond donors (Lipinski definition) is 2. The van der Waals surface area contributed by atoms with Crippen LogP contribution in [0.4, 0.5) is 0 Å². The highest BCUT2D eigenvalue weighted by Crippen LogP contribution is 2.12. The molecule has 0 saturated carbocycles. The molecule has 0 bridgehead atoms. The highest BCUT2D eigenvalue weighted by Gasteiger charge is 2.13. The minimum atomic E-state index is -0.373. The standard InChI is InChI=1S/C15H15N5O/c16-17-15(21)12-7-4-10-20-13(18-19-14(12)20)9-8-11-5-2-1-3-6-11/h1-7,10H,8-9,16H2,(H,17,21). The van der Waals surface area contributed by atoms with E-state index >= 15 is 0 Å². The Labute approximate surface area is 121 Å². The molecule has 0 aliphatic rings. The fraction of sp³-hybridized carbons (Fsp3) is 0.133. The van der Waals surface area contributed by atoms with Gasteiger partial charge in [0.2, 0.25) is 0 Å². The van der Waals surface area contributed by atoms with Crippen LogP contribution in [0.5, 0.6) is 0 Å². The van der Waals surface area contributed by atoms with Crippen LogP contribution in [-0.4, -0.2) is 20.5 Å². The summed E-state index contributed by atoms with van der Waals surface area (Å²) >= 11 is 0. The van der Waals surface area contributed by atoms with Crippen molar-refractivity contribution in [3.63, 3.8) is 0 Å². The Balaban J connectivity index is 1.89. The van der Waals surface area contributed by atoms with E-state index in [4.69, 9.17) is 5.84 Å². The van der Waals surface area contributed by atoms with Crippen LogP contribution in [0.15, 0.2) is 48.7 Å². The number of aryl methyl sites for hydroxylation is 2. The maximum absolute atomic E-state index is 11.7. The second kappa shape index (κ2) is 5.72. The van der Waals surface area contributed by atoms with Gasteiger partial charge in [-0.15, -0.1) is 10.2 Å². The highest BCUT2D eigenvalue weighted by molar-refractivity contribution is 5.99. The molecule has 0 spiro atoms. The summed E-state index contributed by atoms with van der Waals surface area (Å²) in [4.78, 5) is 11.7. The number of hydrogen-bond acceptors (Lipinski definition) is 4. The van der Waals surface area contributed by atoms with Gasteiger partial charge in [-0.1, -0.05) is 30.3 Å². The predicted octanol–water partition coefficient (Wildman–Crippen LogP) is 1.12. The molecule has 0 unspecified atom stereocenters. The number of nitrogen functional groups attached to an aromatic ring is 1. The van der Waals surface area contributed by atoms with Crippen molar-refractivity contribution < 1.29 is 4.79 Å². The Bertz CT molecular complexity index is 766. The molecule has 3 N–H and O–H groups in total. The van der Waals surface area contributed by atoms with Crippen molar-refractivity contribution in [3.8, 4) is 0 Å². The number of rotatable bonds is 4. The first-order valence-corrected chi connectivity index (χ1v) is 6.67. The van der Waals surface area contributed by atoms with Crippen LogP contribution in [0.2, 0.25) is 0 Å². The van der Waals surface area contributed by atoms with E-state index in [9.17, 15) is 4.79 Å². The van der Waals surface area contributed by atoms with Gasteiger partial charge in [0.1, 0.15) is 5.82 Å². The SMILES string of the molecule is NNC(=O)c1cccn2c(CCc3ccccc3)nnc12. The first kappa shape index (κ1) is 13.3. The van der Waals surface area contributed by atoms with E-state index in [0.29, 0.717) is 11.2 Å². The molecule has 0 fully saturated rings. The molecule has 1 aromatic carbocycles. The number of aromatic nitrogens is 3. The van der Waals surface area contributed by atoms with Gasteiger partial charge in [0.25, 0.3) is 5.91 Å². The number of benzene rings is 1. The Hall–Kier alpha value is -2.73. The fourth-order valence-corrected chi connectivity index (χ4v) is 2.29. The van der Waals surface area contributed by atoms with Crippen molar-refractivity contribution in [2.75, 3.05) is 0 Å². The molecule has 0 atom stereocenters. The maximum atomic E-state index is 11.7. The maximum Gasteiger partial charge on any atom is 0.269 e. The molecule has 2 aromatic heterocycles. The van der Waals surface area contributed by atoms with E-state index in [-0.39, 0.29) is 5.91 Å². The topological polar surface area (TPSA) is 85.3 Å². The average molecular weight is 281 g/mol. The van der Waals surface area contributed by atoms with E-state index in [0.717, 1.165) is 18.7 Å². The molecular weight excluding hydrogens is 266 g/mol. The van der Waals surface area contributed by atoms with Crippen LogP contribution in [0.1, 0.15) is 21.7 Å². The predicted molar refractivity (Wildman–Crippen MR) is 78.5 cm³/mol. The molecule has 2 heterocycles. The smallest absolute Gasteiger partial charge is 0.269 e. The number of hydrazine groups is 1. The first-order chi connectivity index (χ1) is 10.3. The molecular formula is C15H15N5O. The molecule has 0 saturated heterocycles. The van der Waals surface area contributed by atoms with E-state index in [2.05, 4.69) is 27.8 Å². The van der Waals surface area contributed by atoms with Crippen LogP contribution in [-0.2, 0) is 12.8 Å². The summed E-state index contributed by atoms with van der Waals surface area (Å²) in [5, 5.41) is 8.28. The average Bonchev–Trinajstić information content (AvgIpc) is 2.96. The zero-order valence-electron chi connectivity index (χ0n) is 11.4. The Morgan fingerprint density at radius 3 is 2.67 bits per heavy atom. The largest absolute Gasteiger partial charge is 0.290 e. The van der Waals surface area contributed by atoms with Gasteiger partial charge in [0.05, 0.1) is 5.56 Å². The van der Waals surface area contributed by atoms with Crippen molar-refractivity contribution in [1.29, 1.82) is 0 Å². The Morgan fingerprint density at radius 1 is 1.10 bits per heavy atom. The van der Waals surface area contributed by atoms with E-state index in [1.165, 1.54) is 5.56 Å². The van der Waals surface area contributed by atoms with Gasteiger partial charge < -0.3 is 0 Å². The van der Waals surface area contributed by atoms with Gasteiger partial charge in [-0.3, -0.25) is 14.6 Å². The molecule has 6 nitrogen and oxygen atoms in total. The Morgan fingerprint density at radius 2 is 1.90 bits per heavy atom. The molecule has 0 aliphatic carbocycles.